The number of benzene rings is 2. The van der Waals surface area contributed by atoms with E-state index in [2.05, 4.69) is 0 Å². The Morgan fingerprint density at radius 1 is 0.938 bits per heavy atom. The summed E-state index contributed by atoms with van der Waals surface area (Å²) in [6.07, 6.45) is -0.176. The highest BCUT2D eigenvalue weighted by Gasteiger charge is 2.38. The Balaban J connectivity index is 2.00. The molecule has 1 N–H and O–H groups in total. The van der Waals surface area contributed by atoms with Crippen LogP contribution in [0.15, 0.2) is 52.3 Å². The van der Waals surface area contributed by atoms with Crippen molar-refractivity contribution in [3.8, 4) is 0 Å². The molecule has 1 saturated heterocycles. The van der Waals surface area contributed by atoms with Crippen molar-refractivity contribution in [3.05, 3.63) is 62.7 Å². The van der Waals surface area contributed by atoms with Crippen molar-refractivity contribution < 1.29 is 35.1 Å². The van der Waals surface area contributed by atoms with Crippen LogP contribution in [0.4, 0.5) is 17.1 Å². The summed E-state index contributed by atoms with van der Waals surface area (Å²) in [5, 5.41) is 21.1. The molecule has 1 heterocycles. The van der Waals surface area contributed by atoms with Crippen molar-refractivity contribution in [1.29, 1.82) is 0 Å². The molecular weight excluding hydrogens is 490 g/mol. The maximum atomic E-state index is 12.8. The van der Waals surface area contributed by atoms with Crippen LogP contribution in [0.25, 0.3) is 0 Å². The third kappa shape index (κ3) is 4.71. The molecule has 0 saturated carbocycles. The lowest BCUT2D eigenvalue weighted by atomic mass is 10.3. The number of hydrogen-bond donors (Lipinski definition) is 1. The quantitative estimate of drug-likeness (QED) is 0.422. The molecule has 172 valence electrons. The summed E-state index contributed by atoms with van der Waals surface area (Å²) in [7, 11) is -12.3. The molecule has 0 bridgehead atoms. The van der Waals surface area contributed by atoms with E-state index in [0.717, 1.165) is 36.4 Å². The van der Waals surface area contributed by atoms with Crippen LogP contribution in [0.3, 0.4) is 0 Å². The van der Waals surface area contributed by atoms with Crippen LogP contribution in [-0.2, 0) is 29.7 Å². The standard InChI is InChI=1S/C16H15N3O10S3/c20-18(21)11-2-1-3-12(8-11)31(26,27)13-4-5-15(16(9-13)19(22)23)17-32(28,29)14-6-7-30(24,25)10-14/h1-5,8-9,14,17H,6-7,10H2. The van der Waals surface area contributed by atoms with Crippen LogP contribution in [0.1, 0.15) is 6.42 Å². The van der Waals surface area contributed by atoms with Crippen molar-refractivity contribution in [2.24, 2.45) is 0 Å². The Labute approximate surface area is 182 Å². The second-order valence-corrected chi connectivity index (χ2v) is 13.0. The fourth-order valence-corrected chi connectivity index (χ4v) is 8.48. The fraction of sp³-hybridized carbons (Fsp3) is 0.250. The van der Waals surface area contributed by atoms with Crippen molar-refractivity contribution in [2.45, 2.75) is 21.5 Å². The molecular formula is C16H15N3O10S3. The van der Waals surface area contributed by atoms with Gasteiger partial charge in [0, 0.05) is 18.2 Å². The maximum Gasteiger partial charge on any atom is 0.294 e. The first-order chi connectivity index (χ1) is 14.7. The zero-order chi connectivity index (χ0) is 23.9. The molecule has 0 aromatic heterocycles. The van der Waals surface area contributed by atoms with Crippen molar-refractivity contribution >= 4 is 46.8 Å². The number of sulfone groups is 2. The average Bonchev–Trinajstić information content (AvgIpc) is 3.08. The van der Waals surface area contributed by atoms with Crippen LogP contribution in [-0.4, -0.2) is 51.9 Å². The number of nitro groups is 2. The largest absolute Gasteiger partial charge is 0.294 e. The highest BCUT2D eigenvalue weighted by molar-refractivity contribution is 7.97. The number of nitro benzene ring substituents is 2. The fourth-order valence-electron chi connectivity index (χ4n) is 3.06. The molecule has 0 radical (unpaired) electrons. The van der Waals surface area contributed by atoms with E-state index >= 15 is 0 Å². The Bertz CT molecular complexity index is 1430. The second kappa shape index (κ2) is 8.10. The lowest BCUT2D eigenvalue weighted by Crippen LogP contribution is -2.29. The predicted molar refractivity (Wildman–Crippen MR) is 111 cm³/mol. The zero-order valence-electron chi connectivity index (χ0n) is 15.9. The summed E-state index contributed by atoms with van der Waals surface area (Å²) in [5.41, 5.74) is -1.94. The predicted octanol–water partition coefficient (Wildman–Crippen LogP) is 1.26. The van der Waals surface area contributed by atoms with E-state index in [1.54, 1.807) is 0 Å². The van der Waals surface area contributed by atoms with E-state index in [-0.39, 0.29) is 12.2 Å². The molecule has 16 heteroatoms. The first kappa shape index (κ1) is 23.6. The number of nitrogens with one attached hydrogen (secondary N) is 1. The summed E-state index contributed by atoms with van der Waals surface area (Å²) in [6, 6.07) is 6.47. The van der Waals surface area contributed by atoms with Gasteiger partial charge in [-0.05, 0) is 24.6 Å². The molecule has 1 unspecified atom stereocenters. The van der Waals surface area contributed by atoms with Gasteiger partial charge in [-0.2, -0.15) is 0 Å². The summed E-state index contributed by atoms with van der Waals surface area (Å²) in [4.78, 5) is 19.5. The normalized spacial score (nSPS) is 18.2. The number of hydrogen-bond acceptors (Lipinski definition) is 10. The van der Waals surface area contributed by atoms with Gasteiger partial charge in [-0.1, -0.05) is 6.07 Å². The third-order valence-electron chi connectivity index (χ3n) is 4.70. The summed E-state index contributed by atoms with van der Waals surface area (Å²) in [6.45, 7) is 0. The van der Waals surface area contributed by atoms with Gasteiger partial charge < -0.3 is 0 Å². The van der Waals surface area contributed by atoms with Crippen LogP contribution >= 0.6 is 0 Å². The minimum absolute atomic E-state index is 0.176. The van der Waals surface area contributed by atoms with E-state index in [9.17, 15) is 45.5 Å². The molecule has 0 amide bonds. The van der Waals surface area contributed by atoms with E-state index < -0.39 is 77.4 Å². The van der Waals surface area contributed by atoms with Crippen LogP contribution in [0.5, 0.6) is 0 Å². The van der Waals surface area contributed by atoms with Gasteiger partial charge in [-0.25, -0.2) is 25.3 Å². The highest BCUT2D eigenvalue weighted by atomic mass is 32.2. The molecule has 13 nitrogen and oxygen atoms in total. The molecule has 1 aliphatic rings. The first-order valence-corrected chi connectivity index (χ1v) is 13.6. The second-order valence-electron chi connectivity index (χ2n) is 6.87. The van der Waals surface area contributed by atoms with Gasteiger partial charge in [0.05, 0.1) is 36.4 Å². The smallest absolute Gasteiger partial charge is 0.277 e. The van der Waals surface area contributed by atoms with Gasteiger partial charge in [0.1, 0.15) is 5.69 Å². The van der Waals surface area contributed by atoms with Gasteiger partial charge in [-0.15, -0.1) is 0 Å². The number of anilines is 1. The Morgan fingerprint density at radius 2 is 1.59 bits per heavy atom. The summed E-state index contributed by atoms with van der Waals surface area (Å²) < 4.78 is 75.7. The average molecular weight is 506 g/mol. The molecule has 0 spiro atoms. The summed E-state index contributed by atoms with van der Waals surface area (Å²) in [5.74, 6) is -0.962. The number of sulfonamides is 1. The van der Waals surface area contributed by atoms with E-state index in [1.165, 1.54) is 0 Å². The molecule has 1 atom stereocenters. The first-order valence-electron chi connectivity index (χ1n) is 8.73. The van der Waals surface area contributed by atoms with Crippen molar-refractivity contribution in [2.75, 3.05) is 16.2 Å². The molecule has 3 rings (SSSR count). The summed E-state index contributed by atoms with van der Waals surface area (Å²) >= 11 is 0. The minimum atomic E-state index is -4.41. The van der Waals surface area contributed by atoms with Crippen molar-refractivity contribution in [3.63, 3.8) is 0 Å². The Kier molecular flexibility index (Phi) is 5.96. The van der Waals surface area contributed by atoms with Gasteiger partial charge in [0.2, 0.25) is 19.9 Å². The van der Waals surface area contributed by atoms with Crippen molar-refractivity contribution in [1.82, 2.24) is 0 Å². The molecule has 0 aliphatic carbocycles. The van der Waals surface area contributed by atoms with Crippen LogP contribution in [0, 0.1) is 20.2 Å². The van der Waals surface area contributed by atoms with Crippen LogP contribution in [0.2, 0.25) is 0 Å². The number of nitrogens with zero attached hydrogens (tertiary/aromatic N) is 2. The van der Waals surface area contributed by atoms with E-state index in [0.29, 0.717) is 6.07 Å². The topological polar surface area (TPSA) is 201 Å². The SMILES string of the molecule is O=[N+]([O-])c1cccc(S(=O)(=O)c2ccc(NS(=O)(=O)C3CCS(=O)(=O)C3)c([N+](=O)[O-])c2)c1. The third-order valence-corrected chi connectivity index (χ3v) is 10.2. The van der Waals surface area contributed by atoms with Gasteiger partial charge in [0.25, 0.3) is 11.4 Å². The van der Waals surface area contributed by atoms with E-state index in [4.69, 9.17) is 0 Å². The van der Waals surface area contributed by atoms with Gasteiger partial charge in [-0.3, -0.25) is 25.0 Å². The Morgan fingerprint density at radius 3 is 2.16 bits per heavy atom. The molecule has 2 aromatic carbocycles. The number of non-ortho nitro benzene ring substituents is 1. The molecule has 2 aromatic rings. The monoisotopic (exact) mass is 505 g/mol. The highest BCUT2D eigenvalue weighted by Crippen LogP contribution is 2.33. The molecule has 1 aliphatic heterocycles. The van der Waals surface area contributed by atoms with Gasteiger partial charge in [0.15, 0.2) is 9.84 Å². The van der Waals surface area contributed by atoms with Gasteiger partial charge >= 0.3 is 0 Å². The lowest BCUT2D eigenvalue weighted by molar-refractivity contribution is -0.385. The lowest BCUT2D eigenvalue weighted by Gasteiger charge is -2.13. The van der Waals surface area contributed by atoms with Crippen LogP contribution < -0.4 is 4.72 Å². The van der Waals surface area contributed by atoms with E-state index in [1.807, 2.05) is 4.72 Å². The number of rotatable bonds is 7. The molecule has 1 fully saturated rings. The minimum Gasteiger partial charge on any atom is -0.277 e. The maximum absolute atomic E-state index is 12.8. The Hall–Kier alpha value is -3.11. The zero-order valence-corrected chi connectivity index (χ0v) is 18.4. The molecule has 32 heavy (non-hydrogen) atoms.